The summed E-state index contributed by atoms with van der Waals surface area (Å²) >= 11 is 0. The largest absolute Gasteiger partial charge is 0.477 e. The molecule has 124 valence electrons. The number of aryl methyl sites for hydroxylation is 1. The van der Waals surface area contributed by atoms with Gasteiger partial charge in [0.25, 0.3) is 0 Å². The smallest absolute Gasteiger partial charge is 0.352 e. The van der Waals surface area contributed by atoms with Gasteiger partial charge in [0.15, 0.2) is 0 Å². The van der Waals surface area contributed by atoms with Gasteiger partial charge in [-0.15, -0.1) is 0 Å². The second kappa shape index (κ2) is 6.93. The molecule has 8 heteroatoms. The van der Waals surface area contributed by atoms with Crippen LogP contribution >= 0.6 is 0 Å². The quantitative estimate of drug-likeness (QED) is 0.805. The number of nitrogens with one attached hydrogen (secondary N) is 1. The van der Waals surface area contributed by atoms with E-state index in [1.54, 1.807) is 19.1 Å². The number of nitrogens with zero attached hydrogens (tertiary/aromatic N) is 1. The molecule has 0 bridgehead atoms. The molecule has 2 rings (SSSR count). The zero-order valence-corrected chi connectivity index (χ0v) is 13.3. The zero-order chi connectivity index (χ0) is 17.0. The topological polar surface area (TPSA) is 88.4 Å². The molecule has 0 aliphatic heterocycles. The summed E-state index contributed by atoms with van der Waals surface area (Å²) in [4.78, 5) is 11.0. The van der Waals surface area contributed by atoms with Crippen LogP contribution in [0.15, 0.2) is 41.4 Å². The van der Waals surface area contributed by atoms with Gasteiger partial charge in [-0.05, 0) is 37.1 Å². The lowest BCUT2D eigenvalue weighted by Gasteiger charge is -2.05. The first kappa shape index (κ1) is 17.2. The van der Waals surface area contributed by atoms with Crippen LogP contribution in [0.5, 0.6) is 0 Å². The molecule has 0 fully saturated rings. The van der Waals surface area contributed by atoms with E-state index in [2.05, 4.69) is 4.72 Å². The van der Waals surface area contributed by atoms with Crippen molar-refractivity contribution in [3.8, 4) is 0 Å². The third kappa shape index (κ3) is 4.17. The van der Waals surface area contributed by atoms with Crippen molar-refractivity contribution in [2.75, 3.05) is 6.54 Å². The molecule has 0 spiro atoms. The molecule has 1 aromatic carbocycles. The van der Waals surface area contributed by atoms with Crippen molar-refractivity contribution < 1.29 is 22.7 Å². The summed E-state index contributed by atoms with van der Waals surface area (Å²) in [5.41, 5.74) is 0.720. The zero-order valence-electron chi connectivity index (χ0n) is 12.5. The van der Waals surface area contributed by atoms with Crippen molar-refractivity contribution in [3.63, 3.8) is 0 Å². The highest BCUT2D eigenvalue weighted by Crippen LogP contribution is 2.15. The van der Waals surface area contributed by atoms with Crippen LogP contribution in [0.3, 0.4) is 0 Å². The number of rotatable bonds is 7. The first-order valence-corrected chi connectivity index (χ1v) is 8.49. The summed E-state index contributed by atoms with van der Waals surface area (Å²) in [6.07, 6.45) is 1.70. The van der Waals surface area contributed by atoms with Crippen molar-refractivity contribution >= 4 is 16.0 Å². The van der Waals surface area contributed by atoms with Gasteiger partial charge >= 0.3 is 5.97 Å². The third-order valence-corrected chi connectivity index (χ3v) is 4.79. The second-order valence-electron chi connectivity index (χ2n) is 4.93. The minimum absolute atomic E-state index is 0.0774. The van der Waals surface area contributed by atoms with Crippen molar-refractivity contribution in [1.29, 1.82) is 0 Å². The number of sulfonamides is 1. The Morgan fingerprint density at radius 1 is 1.30 bits per heavy atom. The van der Waals surface area contributed by atoms with Crippen molar-refractivity contribution in [3.05, 3.63) is 53.6 Å². The number of aromatic carboxylic acids is 1. The van der Waals surface area contributed by atoms with Crippen LogP contribution < -0.4 is 4.72 Å². The number of hydrogen-bond acceptors (Lipinski definition) is 3. The Morgan fingerprint density at radius 2 is 1.96 bits per heavy atom. The van der Waals surface area contributed by atoms with Crippen LogP contribution in [0.25, 0.3) is 0 Å². The SMILES string of the molecule is CCn1cc(S(=O)(=O)NCCc2ccc(F)cc2)cc1C(=O)O. The molecule has 1 heterocycles. The molecule has 0 saturated carbocycles. The number of halogens is 1. The normalized spacial score (nSPS) is 11.6. The standard InChI is InChI=1S/C15H17FN2O4S/c1-2-18-10-13(9-14(18)15(19)20)23(21,22)17-8-7-11-3-5-12(16)6-4-11/h3-6,9-10,17H,2,7-8H2,1H3,(H,19,20). The Hall–Kier alpha value is -2.19. The first-order valence-electron chi connectivity index (χ1n) is 7.01. The minimum Gasteiger partial charge on any atom is -0.477 e. The highest BCUT2D eigenvalue weighted by Gasteiger charge is 2.20. The first-order chi connectivity index (χ1) is 10.8. The molecular formula is C15H17FN2O4S. The lowest BCUT2D eigenvalue weighted by atomic mass is 10.1. The molecular weight excluding hydrogens is 323 g/mol. The maximum Gasteiger partial charge on any atom is 0.352 e. The lowest BCUT2D eigenvalue weighted by Crippen LogP contribution is -2.25. The van der Waals surface area contributed by atoms with Crippen LogP contribution in [0.2, 0.25) is 0 Å². The average Bonchev–Trinajstić information content (AvgIpc) is 2.94. The Bertz CT molecular complexity index is 797. The maximum absolute atomic E-state index is 12.8. The van der Waals surface area contributed by atoms with Gasteiger partial charge in [-0.2, -0.15) is 0 Å². The fourth-order valence-electron chi connectivity index (χ4n) is 2.14. The summed E-state index contributed by atoms with van der Waals surface area (Å²) in [5.74, 6) is -1.53. The number of hydrogen-bond donors (Lipinski definition) is 2. The molecule has 0 amide bonds. The third-order valence-electron chi connectivity index (χ3n) is 3.36. The molecule has 1 aromatic heterocycles. The minimum atomic E-state index is -3.79. The molecule has 0 atom stereocenters. The van der Waals surface area contributed by atoms with Crippen molar-refractivity contribution in [2.24, 2.45) is 0 Å². The highest BCUT2D eigenvalue weighted by atomic mass is 32.2. The molecule has 0 aliphatic rings. The van der Waals surface area contributed by atoms with Gasteiger partial charge in [0.1, 0.15) is 16.4 Å². The Labute approximate surface area is 133 Å². The molecule has 0 unspecified atom stereocenters. The molecule has 2 aromatic rings. The fraction of sp³-hybridized carbons (Fsp3) is 0.267. The summed E-state index contributed by atoms with van der Waals surface area (Å²) in [6, 6.07) is 6.92. The number of carboxylic acids is 1. The van der Waals surface area contributed by atoms with Gasteiger partial charge in [0.05, 0.1) is 0 Å². The van der Waals surface area contributed by atoms with Gasteiger partial charge in [-0.1, -0.05) is 12.1 Å². The predicted molar refractivity (Wildman–Crippen MR) is 82.4 cm³/mol. The summed E-state index contributed by atoms with van der Waals surface area (Å²) < 4.78 is 41.0. The van der Waals surface area contributed by atoms with E-state index in [9.17, 15) is 17.6 Å². The van der Waals surface area contributed by atoms with Gasteiger partial charge < -0.3 is 9.67 Å². The van der Waals surface area contributed by atoms with Crippen LogP contribution in [0, 0.1) is 5.82 Å². The van der Waals surface area contributed by atoms with E-state index < -0.39 is 16.0 Å². The molecule has 0 aliphatic carbocycles. The van der Waals surface area contributed by atoms with Gasteiger partial charge in [0, 0.05) is 19.3 Å². The van der Waals surface area contributed by atoms with E-state index in [1.807, 2.05) is 0 Å². The number of benzene rings is 1. The summed E-state index contributed by atoms with van der Waals surface area (Å²) in [7, 11) is -3.79. The van der Waals surface area contributed by atoms with E-state index in [4.69, 9.17) is 5.11 Å². The van der Waals surface area contributed by atoms with Crippen LogP contribution in [-0.2, 0) is 23.0 Å². The van der Waals surface area contributed by atoms with Gasteiger partial charge in [0.2, 0.25) is 10.0 Å². The van der Waals surface area contributed by atoms with Crippen molar-refractivity contribution in [2.45, 2.75) is 24.8 Å². The number of carbonyl (C=O) groups is 1. The van der Waals surface area contributed by atoms with E-state index in [-0.39, 0.29) is 23.0 Å². The van der Waals surface area contributed by atoms with Crippen LogP contribution in [0.4, 0.5) is 4.39 Å². The van der Waals surface area contributed by atoms with E-state index in [1.165, 1.54) is 22.9 Å². The number of carboxylic acid groups (broad SMARTS) is 1. The van der Waals surface area contributed by atoms with E-state index in [0.717, 1.165) is 11.6 Å². The van der Waals surface area contributed by atoms with Crippen molar-refractivity contribution in [1.82, 2.24) is 9.29 Å². The van der Waals surface area contributed by atoms with Gasteiger partial charge in [-0.25, -0.2) is 22.3 Å². The average molecular weight is 340 g/mol. The van der Waals surface area contributed by atoms with E-state index >= 15 is 0 Å². The summed E-state index contributed by atoms with van der Waals surface area (Å²) in [6.45, 7) is 2.21. The highest BCUT2D eigenvalue weighted by molar-refractivity contribution is 7.89. The molecule has 23 heavy (non-hydrogen) atoms. The molecule has 6 nitrogen and oxygen atoms in total. The fourth-order valence-corrected chi connectivity index (χ4v) is 3.21. The Morgan fingerprint density at radius 3 is 2.48 bits per heavy atom. The Balaban J connectivity index is 2.07. The number of aromatic nitrogens is 1. The molecule has 0 saturated heterocycles. The molecule has 2 N–H and O–H groups in total. The molecule has 0 radical (unpaired) electrons. The maximum atomic E-state index is 12.8. The van der Waals surface area contributed by atoms with Crippen LogP contribution in [-0.4, -0.2) is 30.6 Å². The predicted octanol–water partition coefficient (Wildman–Crippen LogP) is 1.87. The second-order valence-corrected chi connectivity index (χ2v) is 6.69. The summed E-state index contributed by atoms with van der Waals surface area (Å²) in [5, 5.41) is 9.06. The van der Waals surface area contributed by atoms with E-state index in [0.29, 0.717) is 13.0 Å². The Kier molecular flexibility index (Phi) is 5.17. The monoisotopic (exact) mass is 340 g/mol. The van der Waals surface area contributed by atoms with Gasteiger partial charge in [-0.3, -0.25) is 0 Å². The lowest BCUT2D eigenvalue weighted by molar-refractivity contribution is 0.0685. The van der Waals surface area contributed by atoms with Crippen LogP contribution in [0.1, 0.15) is 23.0 Å².